The molecule has 7 nitrogen and oxygen atoms in total. The summed E-state index contributed by atoms with van der Waals surface area (Å²) < 4.78 is 18.0. The summed E-state index contributed by atoms with van der Waals surface area (Å²) in [5.74, 6) is -1.79. The van der Waals surface area contributed by atoms with Gasteiger partial charge in [0.2, 0.25) is 0 Å². The van der Waals surface area contributed by atoms with E-state index in [1.165, 1.54) is 30.1 Å². The van der Waals surface area contributed by atoms with E-state index in [1.807, 2.05) is 0 Å². The van der Waals surface area contributed by atoms with E-state index in [1.54, 1.807) is 6.07 Å². The summed E-state index contributed by atoms with van der Waals surface area (Å²) in [6, 6.07) is 9.07. The van der Waals surface area contributed by atoms with Crippen LogP contribution in [0.1, 0.15) is 15.9 Å². The van der Waals surface area contributed by atoms with Crippen LogP contribution >= 0.6 is 11.6 Å². The lowest BCUT2D eigenvalue weighted by Gasteiger charge is -2.17. The van der Waals surface area contributed by atoms with Crippen molar-refractivity contribution in [1.82, 2.24) is 4.90 Å². The second-order valence-corrected chi connectivity index (χ2v) is 5.78. The Labute approximate surface area is 153 Å². The molecule has 0 fully saturated rings. The van der Waals surface area contributed by atoms with Gasteiger partial charge in [-0.25, -0.2) is 9.18 Å². The molecule has 0 bridgehead atoms. The number of amides is 1. The summed E-state index contributed by atoms with van der Waals surface area (Å²) in [4.78, 5) is 35.3. The summed E-state index contributed by atoms with van der Waals surface area (Å²) in [6.45, 7) is -0.398. The Kier molecular flexibility index (Phi) is 6.24. The number of non-ortho nitro benzene ring substituents is 1. The number of nitro groups is 1. The highest BCUT2D eigenvalue weighted by atomic mass is 35.5. The summed E-state index contributed by atoms with van der Waals surface area (Å²) >= 11 is 5.83. The molecule has 0 aliphatic carbocycles. The zero-order chi connectivity index (χ0) is 19.3. The van der Waals surface area contributed by atoms with E-state index in [4.69, 9.17) is 16.3 Å². The normalized spacial score (nSPS) is 10.3. The van der Waals surface area contributed by atoms with Gasteiger partial charge >= 0.3 is 5.97 Å². The van der Waals surface area contributed by atoms with E-state index in [0.29, 0.717) is 5.56 Å². The quantitative estimate of drug-likeness (QED) is 0.436. The molecule has 0 saturated heterocycles. The average molecular weight is 381 g/mol. The molecule has 0 spiro atoms. The SMILES string of the molecule is CN(Cc1cccc(F)c1)C(=O)COC(=O)c1ccc([N+](=O)[O-])cc1Cl. The molecule has 0 heterocycles. The van der Waals surface area contributed by atoms with Crippen LogP contribution in [0.4, 0.5) is 10.1 Å². The molecule has 0 aliphatic heterocycles. The van der Waals surface area contributed by atoms with E-state index in [-0.39, 0.29) is 22.8 Å². The van der Waals surface area contributed by atoms with Crippen molar-refractivity contribution in [2.24, 2.45) is 0 Å². The standard InChI is InChI=1S/C17H14ClFN2O5/c1-20(9-11-3-2-4-12(19)7-11)16(22)10-26-17(23)14-6-5-13(21(24)25)8-15(14)18/h2-8H,9-10H2,1H3. The number of nitrogens with zero attached hydrogens (tertiary/aromatic N) is 2. The molecule has 0 aliphatic rings. The molecule has 2 aromatic rings. The van der Waals surface area contributed by atoms with Gasteiger partial charge in [0, 0.05) is 25.7 Å². The predicted molar refractivity (Wildman–Crippen MR) is 91.3 cm³/mol. The molecule has 0 unspecified atom stereocenters. The van der Waals surface area contributed by atoms with E-state index >= 15 is 0 Å². The number of hydrogen-bond donors (Lipinski definition) is 0. The Bertz CT molecular complexity index is 859. The van der Waals surface area contributed by atoms with Gasteiger partial charge in [-0.15, -0.1) is 0 Å². The van der Waals surface area contributed by atoms with Gasteiger partial charge in [-0.05, 0) is 23.8 Å². The van der Waals surface area contributed by atoms with Crippen molar-refractivity contribution < 1.29 is 23.6 Å². The first-order valence-corrected chi connectivity index (χ1v) is 7.75. The van der Waals surface area contributed by atoms with Crippen molar-refractivity contribution in [2.75, 3.05) is 13.7 Å². The highest BCUT2D eigenvalue weighted by molar-refractivity contribution is 6.33. The van der Waals surface area contributed by atoms with Crippen LogP contribution in [0.15, 0.2) is 42.5 Å². The van der Waals surface area contributed by atoms with Crippen LogP contribution in [-0.4, -0.2) is 35.4 Å². The molecule has 9 heteroatoms. The van der Waals surface area contributed by atoms with E-state index in [0.717, 1.165) is 18.2 Å². The first-order valence-electron chi connectivity index (χ1n) is 7.37. The van der Waals surface area contributed by atoms with Gasteiger partial charge in [-0.2, -0.15) is 0 Å². The fourth-order valence-corrected chi connectivity index (χ4v) is 2.35. The van der Waals surface area contributed by atoms with Crippen LogP contribution in [0.25, 0.3) is 0 Å². The molecule has 136 valence electrons. The van der Waals surface area contributed by atoms with E-state index < -0.39 is 29.2 Å². The number of hydrogen-bond acceptors (Lipinski definition) is 5. The van der Waals surface area contributed by atoms with Crippen molar-refractivity contribution in [1.29, 1.82) is 0 Å². The van der Waals surface area contributed by atoms with Gasteiger partial charge in [0.1, 0.15) is 5.82 Å². The predicted octanol–water partition coefficient (Wildman–Crippen LogP) is 3.20. The number of nitro benzene ring substituents is 1. The Hall–Kier alpha value is -3.00. The summed E-state index contributed by atoms with van der Waals surface area (Å²) in [5, 5.41) is 10.5. The second kappa shape index (κ2) is 8.39. The van der Waals surface area contributed by atoms with E-state index in [9.17, 15) is 24.1 Å². The topological polar surface area (TPSA) is 89.8 Å². The lowest BCUT2D eigenvalue weighted by atomic mass is 10.2. The Morgan fingerprint density at radius 3 is 2.62 bits per heavy atom. The largest absolute Gasteiger partial charge is 0.452 e. The molecule has 0 radical (unpaired) electrons. The number of likely N-dealkylation sites (N-methyl/N-ethyl adjacent to an activating group) is 1. The van der Waals surface area contributed by atoms with E-state index in [2.05, 4.69) is 0 Å². The van der Waals surface area contributed by atoms with Crippen LogP contribution < -0.4 is 0 Å². The van der Waals surface area contributed by atoms with Crippen molar-refractivity contribution in [3.05, 3.63) is 74.5 Å². The minimum atomic E-state index is -0.877. The minimum Gasteiger partial charge on any atom is -0.452 e. The van der Waals surface area contributed by atoms with Crippen molar-refractivity contribution in [2.45, 2.75) is 6.54 Å². The van der Waals surface area contributed by atoms with Crippen molar-refractivity contribution in [3.63, 3.8) is 0 Å². The third-order valence-corrected chi connectivity index (χ3v) is 3.76. The van der Waals surface area contributed by atoms with Crippen molar-refractivity contribution >= 4 is 29.2 Å². The maximum absolute atomic E-state index is 13.1. The zero-order valence-electron chi connectivity index (χ0n) is 13.6. The van der Waals surface area contributed by atoms with Crippen LogP contribution in [0.5, 0.6) is 0 Å². The van der Waals surface area contributed by atoms with Crippen LogP contribution in [0.3, 0.4) is 0 Å². The van der Waals surface area contributed by atoms with Gasteiger partial charge < -0.3 is 9.64 Å². The van der Waals surface area contributed by atoms with Crippen molar-refractivity contribution in [3.8, 4) is 0 Å². The minimum absolute atomic E-state index is 0.0853. The number of rotatable bonds is 6. The van der Waals surface area contributed by atoms with Gasteiger partial charge in [0.05, 0.1) is 15.5 Å². The Balaban J connectivity index is 1.94. The fourth-order valence-electron chi connectivity index (χ4n) is 2.10. The molecule has 0 aromatic heterocycles. The zero-order valence-corrected chi connectivity index (χ0v) is 14.4. The second-order valence-electron chi connectivity index (χ2n) is 5.38. The molecule has 2 aromatic carbocycles. The molecule has 26 heavy (non-hydrogen) atoms. The number of benzene rings is 2. The summed E-state index contributed by atoms with van der Waals surface area (Å²) in [5.41, 5.74) is 0.237. The lowest BCUT2D eigenvalue weighted by molar-refractivity contribution is -0.384. The molecule has 0 atom stereocenters. The van der Waals surface area contributed by atoms with Gasteiger partial charge in [0.15, 0.2) is 6.61 Å². The number of ether oxygens (including phenoxy) is 1. The highest BCUT2D eigenvalue weighted by Gasteiger charge is 2.18. The number of esters is 1. The molecule has 0 N–H and O–H groups in total. The molecular weight excluding hydrogens is 367 g/mol. The number of carbonyl (C=O) groups excluding carboxylic acids is 2. The third kappa shape index (κ3) is 5.00. The van der Waals surface area contributed by atoms with Gasteiger partial charge in [0.25, 0.3) is 11.6 Å². The average Bonchev–Trinajstić information content (AvgIpc) is 2.59. The lowest BCUT2D eigenvalue weighted by Crippen LogP contribution is -2.30. The first kappa shape index (κ1) is 19.3. The number of carbonyl (C=O) groups is 2. The highest BCUT2D eigenvalue weighted by Crippen LogP contribution is 2.23. The maximum atomic E-state index is 13.1. The van der Waals surface area contributed by atoms with Crippen LogP contribution in [0, 0.1) is 15.9 Å². The summed E-state index contributed by atoms with van der Waals surface area (Å²) in [7, 11) is 1.49. The molecule has 0 saturated carbocycles. The van der Waals surface area contributed by atoms with Crippen LogP contribution in [-0.2, 0) is 16.1 Å². The molecular formula is C17H14ClFN2O5. The van der Waals surface area contributed by atoms with Gasteiger partial charge in [-0.1, -0.05) is 23.7 Å². The first-order chi connectivity index (χ1) is 12.3. The Morgan fingerprint density at radius 2 is 2.00 bits per heavy atom. The smallest absolute Gasteiger partial charge is 0.340 e. The third-order valence-electron chi connectivity index (χ3n) is 3.44. The number of halogens is 2. The fraction of sp³-hybridized carbons (Fsp3) is 0.176. The molecule has 1 amide bonds. The van der Waals surface area contributed by atoms with Gasteiger partial charge in [-0.3, -0.25) is 14.9 Å². The van der Waals surface area contributed by atoms with Crippen LogP contribution in [0.2, 0.25) is 5.02 Å². The molecule has 2 rings (SSSR count). The Morgan fingerprint density at radius 1 is 1.27 bits per heavy atom. The monoisotopic (exact) mass is 380 g/mol. The summed E-state index contributed by atoms with van der Waals surface area (Å²) in [6.07, 6.45) is 0. The maximum Gasteiger partial charge on any atom is 0.340 e.